The van der Waals surface area contributed by atoms with Gasteiger partial charge in [0.2, 0.25) is 5.91 Å². The number of rotatable bonds is 12. The molecule has 1 aliphatic carbocycles. The maximum Gasteiger partial charge on any atom is 0.407 e. The van der Waals surface area contributed by atoms with E-state index < -0.39 is 42.3 Å². The molecule has 210 valence electrons. The summed E-state index contributed by atoms with van der Waals surface area (Å²) in [5.74, 6) is -2.15. The van der Waals surface area contributed by atoms with Gasteiger partial charge in [0.25, 0.3) is 0 Å². The van der Waals surface area contributed by atoms with E-state index in [1.807, 2.05) is 78.9 Å². The summed E-state index contributed by atoms with van der Waals surface area (Å²) in [5, 5.41) is 14.7. The summed E-state index contributed by atoms with van der Waals surface area (Å²) in [4.78, 5) is 38.1. The third kappa shape index (κ3) is 6.67. The second kappa shape index (κ2) is 13.2. The molecular weight excluding hydrogens is 512 g/mol. The fourth-order valence-corrected chi connectivity index (χ4v) is 4.82. The minimum Gasteiger partial charge on any atom is -0.480 e. The van der Waals surface area contributed by atoms with Gasteiger partial charge in [-0.3, -0.25) is 4.79 Å². The number of carboxylic acid groups (broad SMARTS) is 1. The van der Waals surface area contributed by atoms with Gasteiger partial charge in [-0.15, -0.1) is 0 Å². The molecule has 0 aromatic heterocycles. The lowest BCUT2D eigenvalue weighted by molar-refractivity contribution is -0.146. The smallest absolute Gasteiger partial charge is 0.407 e. The fraction of sp³-hybridized carbons (Fsp3) is 0.323. The molecule has 0 spiro atoms. The summed E-state index contributed by atoms with van der Waals surface area (Å²) in [6.07, 6.45) is -2.44. The van der Waals surface area contributed by atoms with Crippen molar-refractivity contribution in [1.82, 2.24) is 10.6 Å². The van der Waals surface area contributed by atoms with E-state index in [1.54, 1.807) is 6.92 Å². The van der Waals surface area contributed by atoms with Crippen LogP contribution in [0.5, 0.6) is 0 Å². The number of hydrogen-bond donors (Lipinski definition) is 3. The number of methoxy groups -OCH3 is 1. The highest BCUT2D eigenvalue weighted by Crippen LogP contribution is 2.44. The lowest BCUT2D eigenvalue weighted by Crippen LogP contribution is -2.58. The summed E-state index contributed by atoms with van der Waals surface area (Å²) >= 11 is 0. The van der Waals surface area contributed by atoms with Crippen molar-refractivity contribution in [3.05, 3.63) is 95.6 Å². The van der Waals surface area contributed by atoms with Crippen molar-refractivity contribution in [2.24, 2.45) is 0 Å². The third-order valence-corrected chi connectivity index (χ3v) is 7.13. The van der Waals surface area contributed by atoms with Crippen LogP contribution in [0.25, 0.3) is 11.1 Å². The van der Waals surface area contributed by atoms with Crippen molar-refractivity contribution in [2.75, 3.05) is 13.7 Å². The monoisotopic (exact) mass is 546 g/mol. The molecule has 0 saturated heterocycles. The van der Waals surface area contributed by atoms with Gasteiger partial charge >= 0.3 is 12.1 Å². The average molecular weight is 547 g/mol. The van der Waals surface area contributed by atoms with E-state index in [1.165, 1.54) is 14.0 Å². The summed E-state index contributed by atoms with van der Waals surface area (Å²) in [5.41, 5.74) is 5.19. The Hall–Kier alpha value is -4.21. The van der Waals surface area contributed by atoms with E-state index >= 15 is 0 Å². The topological polar surface area (TPSA) is 123 Å². The standard InChI is InChI=1S/C31H34N2O7/c1-19(38-3)28(30(35)36)32-29(34)27(20(2)39-17-21-11-5-4-6-12-21)33-31(37)40-18-26-24-15-9-7-13-22(24)23-14-8-10-16-25(23)26/h4-16,19-20,26-28H,17-18H2,1-3H3,(H,32,34)(H,33,37)(H,35,36)/t19?,20-,27+,28?/m0/s1. The maximum absolute atomic E-state index is 13.3. The van der Waals surface area contributed by atoms with E-state index in [-0.39, 0.29) is 19.1 Å². The fourth-order valence-electron chi connectivity index (χ4n) is 4.82. The lowest BCUT2D eigenvalue weighted by atomic mass is 9.98. The predicted molar refractivity (Wildman–Crippen MR) is 149 cm³/mol. The maximum atomic E-state index is 13.3. The summed E-state index contributed by atoms with van der Waals surface area (Å²) in [6, 6.07) is 22.8. The molecule has 3 N–H and O–H groups in total. The van der Waals surface area contributed by atoms with E-state index in [2.05, 4.69) is 10.6 Å². The Labute approximate surface area is 233 Å². The van der Waals surface area contributed by atoms with Crippen molar-refractivity contribution in [3.63, 3.8) is 0 Å². The van der Waals surface area contributed by atoms with Gasteiger partial charge in [-0.25, -0.2) is 9.59 Å². The Balaban J connectivity index is 1.47. The molecule has 3 aromatic carbocycles. The second-order valence-electron chi connectivity index (χ2n) is 9.71. The zero-order valence-corrected chi connectivity index (χ0v) is 22.7. The first-order chi connectivity index (χ1) is 19.3. The van der Waals surface area contributed by atoms with Gasteiger partial charge in [0.1, 0.15) is 12.6 Å². The highest BCUT2D eigenvalue weighted by Gasteiger charge is 2.35. The first-order valence-electron chi connectivity index (χ1n) is 13.1. The van der Waals surface area contributed by atoms with E-state index in [0.717, 1.165) is 27.8 Å². The summed E-state index contributed by atoms with van der Waals surface area (Å²) in [6.45, 7) is 3.41. The lowest BCUT2D eigenvalue weighted by Gasteiger charge is -2.27. The Bertz CT molecular complexity index is 1280. The molecule has 9 nitrogen and oxygen atoms in total. The molecule has 0 saturated carbocycles. The number of fused-ring (bicyclic) bond motifs is 3. The number of hydrogen-bond acceptors (Lipinski definition) is 6. The molecule has 0 heterocycles. The van der Waals surface area contributed by atoms with Crippen molar-refractivity contribution >= 4 is 18.0 Å². The van der Waals surface area contributed by atoms with Crippen LogP contribution < -0.4 is 10.6 Å². The van der Waals surface area contributed by atoms with Crippen LogP contribution >= 0.6 is 0 Å². The van der Waals surface area contributed by atoms with Gasteiger partial charge in [0, 0.05) is 13.0 Å². The Morgan fingerprint density at radius 2 is 1.38 bits per heavy atom. The molecule has 2 amide bonds. The van der Waals surface area contributed by atoms with Crippen molar-refractivity contribution < 1.29 is 33.7 Å². The molecule has 40 heavy (non-hydrogen) atoms. The van der Waals surface area contributed by atoms with Gasteiger partial charge in [0.05, 0.1) is 18.8 Å². The summed E-state index contributed by atoms with van der Waals surface area (Å²) < 4.78 is 16.6. The predicted octanol–water partition coefficient (Wildman–Crippen LogP) is 4.10. The van der Waals surface area contributed by atoms with Crippen LogP contribution in [0.15, 0.2) is 78.9 Å². The quantitative estimate of drug-likeness (QED) is 0.313. The highest BCUT2D eigenvalue weighted by atomic mass is 16.5. The van der Waals surface area contributed by atoms with Crippen LogP contribution in [0.2, 0.25) is 0 Å². The SMILES string of the molecule is COC(C)C(NC(=O)[C@H](NC(=O)OCC1c2ccccc2-c2ccccc21)[C@H](C)OCc1ccccc1)C(=O)O. The zero-order chi connectivity index (χ0) is 28.6. The molecule has 2 unspecified atom stereocenters. The number of amides is 2. The number of aliphatic carboxylic acids is 1. The van der Waals surface area contributed by atoms with Crippen molar-refractivity contribution in [2.45, 2.75) is 50.7 Å². The minimum absolute atomic E-state index is 0.0614. The van der Waals surface area contributed by atoms with Crippen LogP contribution in [0.1, 0.15) is 36.5 Å². The van der Waals surface area contributed by atoms with Crippen LogP contribution in [-0.2, 0) is 30.4 Å². The van der Waals surface area contributed by atoms with E-state index in [9.17, 15) is 19.5 Å². The average Bonchev–Trinajstić information content (AvgIpc) is 3.29. The molecule has 1 aliphatic rings. The third-order valence-electron chi connectivity index (χ3n) is 7.13. The molecule has 0 aliphatic heterocycles. The molecule has 0 radical (unpaired) electrons. The van der Waals surface area contributed by atoms with Crippen molar-refractivity contribution in [1.29, 1.82) is 0 Å². The normalized spacial score (nSPS) is 15.2. The van der Waals surface area contributed by atoms with Crippen LogP contribution in [0.4, 0.5) is 4.79 Å². The molecular formula is C31H34N2O7. The number of alkyl carbamates (subject to hydrolysis) is 1. The first-order valence-corrected chi connectivity index (χ1v) is 13.1. The number of carbonyl (C=O) groups is 3. The number of nitrogens with one attached hydrogen (secondary N) is 2. The minimum atomic E-state index is -1.33. The molecule has 4 atom stereocenters. The van der Waals surface area contributed by atoms with Gasteiger partial charge in [-0.05, 0) is 41.7 Å². The summed E-state index contributed by atoms with van der Waals surface area (Å²) in [7, 11) is 1.35. The molecule has 3 aromatic rings. The van der Waals surface area contributed by atoms with E-state index in [4.69, 9.17) is 14.2 Å². The van der Waals surface area contributed by atoms with Gasteiger partial charge < -0.3 is 30.0 Å². The Kier molecular flexibility index (Phi) is 9.52. The Morgan fingerprint density at radius 1 is 0.800 bits per heavy atom. The molecule has 4 rings (SSSR count). The highest BCUT2D eigenvalue weighted by molar-refractivity contribution is 5.90. The Morgan fingerprint density at radius 3 is 1.95 bits per heavy atom. The van der Waals surface area contributed by atoms with Crippen LogP contribution in [-0.4, -0.2) is 61.1 Å². The van der Waals surface area contributed by atoms with Gasteiger partial charge in [0.15, 0.2) is 6.04 Å². The molecule has 0 fully saturated rings. The first kappa shape index (κ1) is 28.8. The van der Waals surface area contributed by atoms with Crippen LogP contribution in [0, 0.1) is 0 Å². The zero-order valence-electron chi connectivity index (χ0n) is 22.7. The largest absolute Gasteiger partial charge is 0.480 e. The number of carboxylic acids is 1. The number of ether oxygens (including phenoxy) is 3. The van der Waals surface area contributed by atoms with Crippen LogP contribution in [0.3, 0.4) is 0 Å². The van der Waals surface area contributed by atoms with Gasteiger partial charge in [-0.1, -0.05) is 78.9 Å². The van der Waals surface area contributed by atoms with E-state index in [0.29, 0.717) is 0 Å². The molecule has 9 heteroatoms. The van der Waals surface area contributed by atoms with Gasteiger partial charge in [-0.2, -0.15) is 0 Å². The molecule has 0 bridgehead atoms. The second-order valence-corrected chi connectivity index (χ2v) is 9.71. The number of benzene rings is 3. The van der Waals surface area contributed by atoms with Crippen molar-refractivity contribution in [3.8, 4) is 11.1 Å². The number of carbonyl (C=O) groups excluding carboxylic acids is 2.